The van der Waals surface area contributed by atoms with Gasteiger partial charge in [0, 0.05) is 54.2 Å². The lowest BCUT2D eigenvalue weighted by molar-refractivity contribution is 1.19. The summed E-state index contributed by atoms with van der Waals surface area (Å²) in [5.74, 6) is 0.686. The molecule has 49 heavy (non-hydrogen) atoms. The van der Waals surface area contributed by atoms with Gasteiger partial charge in [-0.3, -0.25) is 20.0 Å². The molecule has 5 nitrogen and oxygen atoms in total. The van der Waals surface area contributed by atoms with Crippen LogP contribution in [-0.2, 0) is 0 Å². The predicted octanol–water partition coefficient (Wildman–Crippen LogP) is 10.8. The van der Waals surface area contributed by atoms with Crippen molar-refractivity contribution in [2.45, 2.75) is 0 Å². The molecule has 0 aliphatic rings. The van der Waals surface area contributed by atoms with E-state index in [1.54, 1.807) is 0 Å². The van der Waals surface area contributed by atoms with E-state index in [0.717, 1.165) is 43.6 Å². The van der Waals surface area contributed by atoms with E-state index in [-0.39, 0.29) is 0 Å². The largest absolute Gasteiger partial charge is 0.308 e. The summed E-state index contributed by atoms with van der Waals surface area (Å²) >= 11 is 0. The minimum Gasteiger partial charge on any atom is -0.308 e. The highest BCUT2D eigenvalue weighted by Gasteiger charge is 2.26. The molecule has 228 valence electrons. The van der Waals surface area contributed by atoms with Gasteiger partial charge in [-0.1, -0.05) is 115 Å². The molecule has 0 saturated carbocycles. The molecule has 2 N–H and O–H groups in total. The highest BCUT2D eigenvalue weighted by molar-refractivity contribution is 6.37. The molecule has 11 aromatic rings. The fraction of sp³-hybridized carbons (Fsp3) is 0. The Morgan fingerprint density at radius 2 is 0.714 bits per heavy atom. The molecule has 0 spiro atoms. The summed E-state index contributed by atoms with van der Waals surface area (Å²) in [5.41, 5.74) is 8.93. The number of hydrogen-bond donors (Lipinski definition) is 2. The van der Waals surface area contributed by atoms with Crippen LogP contribution < -0.4 is 0 Å². The second-order valence-corrected chi connectivity index (χ2v) is 12.9. The molecular formula is C44H27N5. The molecule has 4 aromatic heterocycles. The van der Waals surface area contributed by atoms with Gasteiger partial charge in [0.25, 0.3) is 0 Å². The van der Waals surface area contributed by atoms with E-state index in [9.17, 15) is 10.8 Å². The highest BCUT2D eigenvalue weighted by Crippen LogP contribution is 2.46. The molecule has 0 amide bonds. The number of benzene rings is 7. The fourth-order valence-electron chi connectivity index (χ4n) is 8.51. The summed E-state index contributed by atoms with van der Waals surface area (Å²) in [7, 11) is 0. The Morgan fingerprint density at radius 1 is 0.347 bits per heavy atom. The van der Waals surface area contributed by atoms with Crippen LogP contribution >= 0.6 is 0 Å². The number of nitrogens with zero attached hydrogens (tertiary/aromatic N) is 3. The lowest BCUT2D eigenvalue weighted by atomic mass is 10.0. The molecule has 0 aliphatic carbocycles. The third-order valence-electron chi connectivity index (χ3n) is 10.5. The molecule has 0 atom stereocenters. The van der Waals surface area contributed by atoms with Crippen molar-refractivity contribution in [3.05, 3.63) is 163 Å². The van der Waals surface area contributed by atoms with Gasteiger partial charge in [0.15, 0.2) is 0 Å². The van der Waals surface area contributed by atoms with Crippen molar-refractivity contribution in [2.75, 3.05) is 0 Å². The summed E-state index contributed by atoms with van der Waals surface area (Å²) in [6, 6.07) is 52.5. The highest BCUT2D eigenvalue weighted by atomic mass is 15.1. The molecule has 0 saturated heterocycles. The van der Waals surface area contributed by atoms with Gasteiger partial charge >= 0.3 is 0 Å². The van der Waals surface area contributed by atoms with Gasteiger partial charge in [-0.25, -0.2) is 0 Å². The zero-order valence-electron chi connectivity index (χ0n) is 26.3. The maximum atomic E-state index is 10.0. The molecule has 0 fully saturated rings. The van der Waals surface area contributed by atoms with Gasteiger partial charge in [-0.2, -0.15) is 0 Å². The van der Waals surface area contributed by atoms with Crippen LogP contribution in [-0.4, -0.2) is 25.2 Å². The van der Waals surface area contributed by atoms with Gasteiger partial charge in [-0.05, 0) is 36.4 Å². The Morgan fingerprint density at radius 3 is 1.27 bits per heavy atom. The molecular weight excluding hydrogens is 599 g/mol. The zero-order chi connectivity index (χ0) is 32.4. The lowest BCUT2D eigenvalue weighted by Crippen LogP contribution is -2.20. The summed E-state index contributed by atoms with van der Waals surface area (Å²) in [5, 5.41) is 29.0. The van der Waals surface area contributed by atoms with Gasteiger partial charge in [-0.15, -0.1) is 0 Å². The van der Waals surface area contributed by atoms with Crippen molar-refractivity contribution in [3.63, 3.8) is 0 Å². The molecule has 11 rings (SSSR count). The molecule has 0 unspecified atom stereocenters. The van der Waals surface area contributed by atoms with Gasteiger partial charge in [0.05, 0.1) is 38.6 Å². The number of nitrogens with one attached hydrogen (secondary N) is 2. The Hall–Kier alpha value is -6.72. The second kappa shape index (κ2) is 9.43. The lowest BCUT2D eigenvalue weighted by Gasteiger charge is -2.16. The van der Waals surface area contributed by atoms with Gasteiger partial charge in [0.1, 0.15) is 11.7 Å². The Bertz CT molecular complexity index is 3150. The van der Waals surface area contributed by atoms with Gasteiger partial charge < -0.3 is 4.40 Å². The average Bonchev–Trinajstić information content (AvgIpc) is 3.88. The first kappa shape index (κ1) is 26.4. The SMILES string of the molecule is N=C(c1ccccc1C(=N)n1c2ccccc2c2c3c4ccccc4n4c5ccccc5c(cc21)c34)n1c2ccccc2c2ccccc21. The molecule has 0 radical (unpaired) electrons. The van der Waals surface area contributed by atoms with Crippen molar-refractivity contribution < 1.29 is 0 Å². The Labute approximate surface area is 279 Å². The van der Waals surface area contributed by atoms with Crippen LogP contribution in [0.3, 0.4) is 0 Å². The van der Waals surface area contributed by atoms with Crippen LogP contribution in [0.5, 0.6) is 0 Å². The van der Waals surface area contributed by atoms with Crippen molar-refractivity contribution in [1.29, 1.82) is 10.8 Å². The number of aromatic nitrogens is 3. The first-order chi connectivity index (χ1) is 24.2. The smallest absolute Gasteiger partial charge is 0.138 e. The fourth-order valence-corrected chi connectivity index (χ4v) is 8.51. The topological polar surface area (TPSA) is 62.0 Å². The van der Waals surface area contributed by atoms with Crippen LogP contribution in [0.25, 0.3) is 81.7 Å². The first-order valence-corrected chi connectivity index (χ1v) is 16.6. The van der Waals surface area contributed by atoms with E-state index in [2.05, 4.69) is 112 Å². The maximum Gasteiger partial charge on any atom is 0.138 e. The zero-order valence-corrected chi connectivity index (χ0v) is 26.3. The van der Waals surface area contributed by atoms with E-state index in [0.29, 0.717) is 22.8 Å². The Kier molecular flexibility index (Phi) is 5.07. The normalized spacial score (nSPS) is 12.2. The number of hydrogen-bond acceptors (Lipinski definition) is 2. The number of fused-ring (bicyclic) bond motifs is 13. The minimum absolute atomic E-state index is 0.342. The molecule has 7 aromatic carbocycles. The summed E-state index contributed by atoms with van der Waals surface area (Å²) in [4.78, 5) is 0. The third-order valence-corrected chi connectivity index (χ3v) is 10.5. The van der Waals surface area contributed by atoms with Crippen LogP contribution in [0.15, 0.2) is 152 Å². The average molecular weight is 626 g/mol. The van der Waals surface area contributed by atoms with E-state index in [4.69, 9.17) is 0 Å². The maximum absolute atomic E-state index is 10.0. The van der Waals surface area contributed by atoms with Crippen LogP contribution in [0, 0.1) is 10.8 Å². The van der Waals surface area contributed by atoms with E-state index in [1.807, 2.05) is 53.1 Å². The van der Waals surface area contributed by atoms with E-state index in [1.165, 1.54) is 38.1 Å². The second-order valence-electron chi connectivity index (χ2n) is 12.9. The molecule has 0 bridgehead atoms. The van der Waals surface area contributed by atoms with Gasteiger partial charge in [0.2, 0.25) is 0 Å². The quantitative estimate of drug-likeness (QED) is 0.142. The monoisotopic (exact) mass is 625 g/mol. The summed E-state index contributed by atoms with van der Waals surface area (Å²) < 4.78 is 6.54. The summed E-state index contributed by atoms with van der Waals surface area (Å²) in [6.07, 6.45) is 0. The molecule has 0 aliphatic heterocycles. The van der Waals surface area contributed by atoms with E-state index >= 15 is 0 Å². The molecule has 4 heterocycles. The third kappa shape index (κ3) is 3.28. The standard InChI is InChI=1S/C44H27N5/c45-43(48-35-21-9-3-13-26(35)27-14-4-10-22-36(27)48)29-16-1-2-17-30(29)44(46)49-38-24-12-6-18-31(38)40-39(49)25-33-28-15-5-8-20-34(28)47-37-23-11-7-19-32(37)41(40)42(33)47/h1-25,45-46H. The summed E-state index contributed by atoms with van der Waals surface area (Å²) in [6.45, 7) is 0. The van der Waals surface area contributed by atoms with Crippen LogP contribution in [0.4, 0.5) is 0 Å². The number of rotatable bonds is 2. The van der Waals surface area contributed by atoms with Crippen LogP contribution in [0.2, 0.25) is 0 Å². The minimum atomic E-state index is 0.342. The van der Waals surface area contributed by atoms with E-state index < -0.39 is 0 Å². The predicted molar refractivity (Wildman–Crippen MR) is 204 cm³/mol. The van der Waals surface area contributed by atoms with Crippen molar-refractivity contribution in [1.82, 2.24) is 13.5 Å². The van der Waals surface area contributed by atoms with Crippen LogP contribution in [0.1, 0.15) is 11.1 Å². The van der Waals surface area contributed by atoms with Crippen molar-refractivity contribution in [2.24, 2.45) is 0 Å². The molecule has 5 heteroatoms. The first-order valence-electron chi connectivity index (χ1n) is 16.6. The van der Waals surface area contributed by atoms with Crippen molar-refractivity contribution >= 4 is 93.4 Å². The number of para-hydroxylation sites is 5. The Balaban J connectivity index is 1.23. The van der Waals surface area contributed by atoms with Crippen molar-refractivity contribution in [3.8, 4) is 0 Å².